The monoisotopic (exact) mass is 547 g/mol. The SMILES string of the molecule is CC1(C)[C@@H]2C[C@H]3OB([C@@H](N)CCSC(c4ccccc4)(c4ccccc4)c4ccccc4)O[C@@]3(C)[C@H]1C2.Cl. The van der Waals surface area contributed by atoms with E-state index in [1.807, 2.05) is 11.8 Å². The third-order valence-electron chi connectivity index (χ3n) is 9.63. The van der Waals surface area contributed by atoms with Crippen molar-refractivity contribution in [2.45, 2.75) is 62.4 Å². The van der Waals surface area contributed by atoms with Gasteiger partial charge in [0.25, 0.3) is 0 Å². The Hall–Kier alpha value is -1.76. The van der Waals surface area contributed by atoms with Crippen LogP contribution < -0.4 is 5.73 Å². The summed E-state index contributed by atoms with van der Waals surface area (Å²) >= 11 is 1.96. The summed E-state index contributed by atoms with van der Waals surface area (Å²) in [5, 5.41) is 0. The van der Waals surface area contributed by atoms with Gasteiger partial charge in [0.2, 0.25) is 0 Å². The van der Waals surface area contributed by atoms with Gasteiger partial charge in [0.15, 0.2) is 0 Å². The van der Waals surface area contributed by atoms with Crippen LogP contribution in [-0.4, -0.2) is 30.5 Å². The molecule has 7 rings (SSSR count). The fourth-order valence-electron chi connectivity index (χ4n) is 7.34. The number of benzene rings is 3. The van der Waals surface area contributed by atoms with E-state index in [4.69, 9.17) is 15.0 Å². The highest BCUT2D eigenvalue weighted by Crippen LogP contribution is 2.65. The van der Waals surface area contributed by atoms with Crippen molar-refractivity contribution in [1.82, 2.24) is 0 Å². The molecule has 0 amide bonds. The Morgan fingerprint density at radius 3 is 1.84 bits per heavy atom. The van der Waals surface area contributed by atoms with Gasteiger partial charge in [-0.25, -0.2) is 0 Å². The third-order valence-corrected chi connectivity index (χ3v) is 11.2. The molecule has 6 heteroatoms. The van der Waals surface area contributed by atoms with Crippen molar-refractivity contribution >= 4 is 31.3 Å². The molecule has 3 aromatic rings. The average Bonchev–Trinajstić information content (AvgIpc) is 3.30. The summed E-state index contributed by atoms with van der Waals surface area (Å²) in [4.78, 5) is 0. The molecule has 3 aromatic carbocycles. The Labute approximate surface area is 238 Å². The normalized spacial score (nSPS) is 28.1. The van der Waals surface area contributed by atoms with Crippen LogP contribution in [0.5, 0.6) is 0 Å². The topological polar surface area (TPSA) is 44.5 Å². The highest BCUT2D eigenvalue weighted by Gasteiger charge is 2.68. The predicted molar refractivity (Wildman–Crippen MR) is 162 cm³/mol. The summed E-state index contributed by atoms with van der Waals surface area (Å²) in [5.74, 6) is 2.03. The van der Waals surface area contributed by atoms with Crippen LogP contribution in [0.1, 0.15) is 56.7 Å². The fourth-order valence-corrected chi connectivity index (χ4v) is 8.94. The van der Waals surface area contributed by atoms with Crippen molar-refractivity contribution in [2.75, 3.05) is 5.75 Å². The zero-order valence-corrected chi connectivity index (χ0v) is 24.2. The Morgan fingerprint density at radius 1 is 0.868 bits per heavy atom. The molecule has 1 aliphatic heterocycles. The van der Waals surface area contributed by atoms with Crippen LogP contribution in [0, 0.1) is 17.3 Å². The minimum Gasteiger partial charge on any atom is -0.404 e. The molecule has 0 unspecified atom stereocenters. The zero-order chi connectivity index (χ0) is 25.7. The molecule has 2 N–H and O–H groups in total. The van der Waals surface area contributed by atoms with Gasteiger partial charge in [-0.1, -0.05) is 105 Å². The number of thioether (sulfide) groups is 1. The molecule has 3 saturated carbocycles. The van der Waals surface area contributed by atoms with Crippen LogP contribution >= 0.6 is 24.2 Å². The van der Waals surface area contributed by atoms with E-state index in [0.29, 0.717) is 11.3 Å². The third kappa shape index (κ3) is 4.45. The first kappa shape index (κ1) is 27.8. The molecule has 1 saturated heterocycles. The summed E-state index contributed by atoms with van der Waals surface area (Å²) in [6, 6.07) is 32.6. The van der Waals surface area contributed by atoms with Gasteiger partial charge in [0.1, 0.15) is 0 Å². The first-order chi connectivity index (χ1) is 17.9. The quantitative estimate of drug-likeness (QED) is 0.241. The summed E-state index contributed by atoms with van der Waals surface area (Å²) in [5.41, 5.74) is 10.8. The second kappa shape index (κ2) is 10.7. The number of hydrogen-bond acceptors (Lipinski definition) is 4. The molecule has 1 heterocycles. The molecule has 0 aromatic heterocycles. The summed E-state index contributed by atoms with van der Waals surface area (Å²) in [6.45, 7) is 7.07. The molecule has 3 nitrogen and oxygen atoms in total. The Balaban J connectivity index is 0.00000294. The number of hydrogen-bond donors (Lipinski definition) is 1. The zero-order valence-electron chi connectivity index (χ0n) is 22.6. The minimum atomic E-state index is -0.328. The molecule has 2 bridgehead atoms. The van der Waals surface area contributed by atoms with Crippen molar-refractivity contribution in [1.29, 1.82) is 0 Å². The largest absolute Gasteiger partial charge is 0.475 e. The Morgan fingerprint density at radius 2 is 1.37 bits per heavy atom. The standard InChI is InChI=1S/C32H38BNO2S.ClH/c1-30(2)26-21-27(30)31(3)28(22-26)35-33(36-31)29(34)19-20-37-32(23-13-7-4-8-14-23,24-15-9-5-10-16-24)25-17-11-6-12-18-25;/h4-18,26-29H,19-22,34H2,1-3H3;1H/t26-,27-,28+,29-,31-;/m0./s1. The van der Waals surface area contributed by atoms with Crippen molar-refractivity contribution in [3.8, 4) is 0 Å². The van der Waals surface area contributed by atoms with Crippen molar-refractivity contribution < 1.29 is 9.31 Å². The molecular formula is C32H39BClNO2S. The lowest BCUT2D eigenvalue weighted by atomic mass is 9.43. The number of halogens is 1. The highest BCUT2D eigenvalue weighted by atomic mass is 35.5. The molecule has 3 aliphatic carbocycles. The highest BCUT2D eigenvalue weighted by molar-refractivity contribution is 8.00. The van der Waals surface area contributed by atoms with Gasteiger partial charge in [-0.2, -0.15) is 0 Å². The second-order valence-electron chi connectivity index (χ2n) is 11.9. The van der Waals surface area contributed by atoms with Crippen LogP contribution in [0.25, 0.3) is 0 Å². The smallest absolute Gasteiger partial charge is 0.404 e. The lowest BCUT2D eigenvalue weighted by Crippen LogP contribution is -2.65. The fraction of sp³-hybridized carbons (Fsp3) is 0.438. The molecule has 0 spiro atoms. The van der Waals surface area contributed by atoms with E-state index in [9.17, 15) is 0 Å². The summed E-state index contributed by atoms with van der Waals surface area (Å²) < 4.78 is 12.9. The molecule has 0 radical (unpaired) electrons. The molecule has 4 aliphatic rings. The van der Waals surface area contributed by atoms with Gasteiger partial charge in [-0.05, 0) is 65.9 Å². The molecule has 5 atom stereocenters. The van der Waals surface area contributed by atoms with E-state index in [0.717, 1.165) is 24.5 Å². The van der Waals surface area contributed by atoms with E-state index < -0.39 is 0 Å². The second-order valence-corrected chi connectivity index (χ2v) is 13.2. The van der Waals surface area contributed by atoms with Gasteiger partial charge in [0.05, 0.1) is 16.5 Å². The van der Waals surface area contributed by atoms with E-state index in [1.165, 1.54) is 23.1 Å². The van der Waals surface area contributed by atoms with Gasteiger partial charge in [-0.15, -0.1) is 24.2 Å². The van der Waals surface area contributed by atoms with E-state index in [2.05, 4.69) is 112 Å². The van der Waals surface area contributed by atoms with Crippen LogP contribution in [0.4, 0.5) is 0 Å². The van der Waals surface area contributed by atoms with Crippen LogP contribution in [-0.2, 0) is 14.1 Å². The van der Waals surface area contributed by atoms with E-state index in [1.54, 1.807) is 0 Å². The maximum absolute atomic E-state index is 6.80. The van der Waals surface area contributed by atoms with E-state index >= 15 is 0 Å². The van der Waals surface area contributed by atoms with Crippen molar-refractivity contribution in [3.63, 3.8) is 0 Å². The molecular weight excluding hydrogens is 509 g/mol. The predicted octanol–water partition coefficient (Wildman–Crippen LogP) is 7.12. The van der Waals surface area contributed by atoms with Gasteiger partial charge >= 0.3 is 7.12 Å². The maximum atomic E-state index is 6.80. The first-order valence-electron chi connectivity index (χ1n) is 13.7. The van der Waals surface area contributed by atoms with Crippen molar-refractivity contribution in [3.05, 3.63) is 108 Å². The minimum absolute atomic E-state index is 0. The Kier molecular flexibility index (Phi) is 7.80. The van der Waals surface area contributed by atoms with Crippen LogP contribution in [0.3, 0.4) is 0 Å². The summed E-state index contributed by atoms with van der Waals surface area (Å²) in [7, 11) is -0.328. The van der Waals surface area contributed by atoms with Gasteiger partial charge in [0, 0.05) is 5.94 Å². The van der Waals surface area contributed by atoms with Gasteiger partial charge < -0.3 is 15.0 Å². The number of nitrogens with two attached hydrogens (primary N) is 1. The molecule has 4 fully saturated rings. The first-order valence-corrected chi connectivity index (χ1v) is 14.7. The van der Waals surface area contributed by atoms with Crippen LogP contribution in [0.15, 0.2) is 91.0 Å². The van der Waals surface area contributed by atoms with Gasteiger partial charge in [-0.3, -0.25) is 0 Å². The number of rotatable bonds is 8. The lowest BCUT2D eigenvalue weighted by Gasteiger charge is -2.64. The van der Waals surface area contributed by atoms with Crippen molar-refractivity contribution in [2.24, 2.45) is 23.0 Å². The van der Waals surface area contributed by atoms with Crippen LogP contribution in [0.2, 0.25) is 0 Å². The molecule has 200 valence electrons. The maximum Gasteiger partial charge on any atom is 0.475 e. The van der Waals surface area contributed by atoms with E-state index in [-0.39, 0.29) is 41.9 Å². The molecule has 38 heavy (non-hydrogen) atoms. The lowest BCUT2D eigenvalue weighted by molar-refractivity contribution is -0.199. The summed E-state index contributed by atoms with van der Waals surface area (Å²) in [6.07, 6.45) is 3.35. The average molecular weight is 548 g/mol. The Bertz CT molecular complexity index is 1120.